The molecular formula is C11H18O4. The second-order valence-electron chi connectivity index (χ2n) is 4.69. The monoisotopic (exact) mass is 214 g/mol. The molecule has 0 aromatic carbocycles. The van der Waals surface area contributed by atoms with Crippen LogP contribution < -0.4 is 0 Å². The van der Waals surface area contributed by atoms with Crippen molar-refractivity contribution >= 4 is 6.47 Å². The molecule has 0 bridgehead atoms. The lowest BCUT2D eigenvalue weighted by molar-refractivity contribution is -0.162. The Morgan fingerprint density at radius 1 is 1.67 bits per heavy atom. The van der Waals surface area contributed by atoms with E-state index in [0.29, 0.717) is 25.1 Å². The van der Waals surface area contributed by atoms with Gasteiger partial charge in [0.1, 0.15) is 0 Å². The molecule has 4 atom stereocenters. The minimum Gasteiger partial charge on any atom is -0.438 e. The molecule has 2 fully saturated rings. The van der Waals surface area contributed by atoms with Gasteiger partial charge in [0.15, 0.2) is 6.29 Å². The van der Waals surface area contributed by atoms with E-state index in [4.69, 9.17) is 9.47 Å². The van der Waals surface area contributed by atoms with E-state index in [2.05, 4.69) is 11.7 Å². The van der Waals surface area contributed by atoms with Crippen molar-refractivity contribution in [2.24, 2.45) is 5.92 Å². The Hall–Kier alpha value is -0.610. The number of fused-ring (bicyclic) bond motifs is 1. The summed E-state index contributed by atoms with van der Waals surface area (Å²) in [5.74, 6) is 0.545. The molecule has 0 aromatic heterocycles. The van der Waals surface area contributed by atoms with Crippen LogP contribution in [0.15, 0.2) is 0 Å². The molecule has 4 heteroatoms. The first kappa shape index (κ1) is 10.9. The Balaban J connectivity index is 1.66. The maximum Gasteiger partial charge on any atom is 0.295 e. The molecule has 15 heavy (non-hydrogen) atoms. The molecule has 2 aliphatic rings. The highest BCUT2D eigenvalue weighted by Crippen LogP contribution is 2.49. The van der Waals surface area contributed by atoms with Crippen LogP contribution in [0, 0.1) is 5.92 Å². The number of carbonyl (C=O) groups excluding carboxylic acids is 1. The first-order valence-electron chi connectivity index (χ1n) is 5.52. The number of hydrogen-bond acceptors (Lipinski definition) is 4. The summed E-state index contributed by atoms with van der Waals surface area (Å²) < 4.78 is 15.7. The number of hydrogen-bond donors (Lipinski definition) is 0. The minimum absolute atomic E-state index is 0.168. The maximum atomic E-state index is 10.0. The van der Waals surface area contributed by atoms with Crippen molar-refractivity contribution in [1.29, 1.82) is 0 Å². The number of ether oxygens (including phenoxy) is 3. The third-order valence-corrected chi connectivity index (χ3v) is 3.45. The summed E-state index contributed by atoms with van der Waals surface area (Å²) in [6.45, 7) is 4.99. The zero-order chi connectivity index (χ0) is 10.9. The van der Waals surface area contributed by atoms with Gasteiger partial charge >= 0.3 is 0 Å². The Labute approximate surface area is 89.9 Å². The van der Waals surface area contributed by atoms with E-state index in [0.717, 1.165) is 19.3 Å². The fourth-order valence-electron chi connectivity index (χ4n) is 2.26. The summed E-state index contributed by atoms with van der Waals surface area (Å²) in [5, 5.41) is 0. The largest absolute Gasteiger partial charge is 0.438 e. The summed E-state index contributed by atoms with van der Waals surface area (Å²) in [6.07, 6.45) is 3.33. The van der Waals surface area contributed by atoms with Crippen molar-refractivity contribution in [1.82, 2.24) is 0 Å². The van der Waals surface area contributed by atoms with Crippen LogP contribution in [0.4, 0.5) is 0 Å². The van der Waals surface area contributed by atoms with Gasteiger partial charge in [-0.25, -0.2) is 0 Å². The standard InChI is InChI=1S/C11H18O4/c1-8(14-7-12)13-6-9-3-4-11(2)10(5-9)15-11/h7-10H,3-6H2,1-2H3. The second kappa shape index (κ2) is 4.10. The molecule has 4 nitrogen and oxygen atoms in total. The lowest BCUT2D eigenvalue weighted by Crippen LogP contribution is -2.26. The maximum absolute atomic E-state index is 10.0. The van der Waals surface area contributed by atoms with Gasteiger partial charge in [-0.15, -0.1) is 0 Å². The normalized spacial score (nSPS) is 40.4. The van der Waals surface area contributed by atoms with Crippen LogP contribution in [-0.2, 0) is 19.0 Å². The van der Waals surface area contributed by atoms with Gasteiger partial charge in [-0.1, -0.05) is 0 Å². The minimum atomic E-state index is -0.434. The van der Waals surface area contributed by atoms with Gasteiger partial charge in [-0.05, 0) is 39.0 Å². The van der Waals surface area contributed by atoms with E-state index in [1.54, 1.807) is 6.92 Å². The average molecular weight is 214 g/mol. The van der Waals surface area contributed by atoms with Crippen molar-refractivity contribution in [2.45, 2.75) is 51.1 Å². The topological polar surface area (TPSA) is 48.1 Å². The number of epoxide rings is 1. The fraction of sp³-hybridized carbons (Fsp3) is 0.909. The van der Waals surface area contributed by atoms with Crippen LogP contribution in [-0.4, -0.2) is 31.1 Å². The van der Waals surface area contributed by atoms with E-state index < -0.39 is 6.29 Å². The molecule has 2 rings (SSSR count). The zero-order valence-electron chi connectivity index (χ0n) is 9.27. The zero-order valence-corrected chi connectivity index (χ0v) is 9.27. The summed E-state index contributed by atoms with van der Waals surface area (Å²) in [4.78, 5) is 10.0. The van der Waals surface area contributed by atoms with Crippen LogP contribution >= 0.6 is 0 Å². The molecular weight excluding hydrogens is 196 g/mol. The first-order chi connectivity index (χ1) is 7.14. The summed E-state index contributed by atoms with van der Waals surface area (Å²) in [7, 11) is 0. The molecule has 4 unspecified atom stereocenters. The highest BCUT2D eigenvalue weighted by Gasteiger charge is 2.55. The summed E-state index contributed by atoms with van der Waals surface area (Å²) in [5.41, 5.74) is 0.168. The Morgan fingerprint density at radius 3 is 3.13 bits per heavy atom. The van der Waals surface area contributed by atoms with Crippen LogP contribution in [0.25, 0.3) is 0 Å². The molecule has 0 aromatic rings. The molecule has 0 N–H and O–H groups in total. The van der Waals surface area contributed by atoms with Crippen molar-refractivity contribution < 1.29 is 19.0 Å². The predicted octanol–water partition coefficient (Wildman–Crippen LogP) is 1.48. The summed E-state index contributed by atoms with van der Waals surface area (Å²) in [6, 6.07) is 0. The molecule has 1 heterocycles. The molecule has 1 saturated carbocycles. The Bertz CT molecular complexity index is 243. The lowest BCUT2D eigenvalue weighted by atomic mass is 9.83. The average Bonchev–Trinajstić information content (AvgIpc) is 2.86. The molecule has 0 amide bonds. The van der Waals surface area contributed by atoms with Crippen LogP contribution in [0.3, 0.4) is 0 Å². The first-order valence-corrected chi connectivity index (χ1v) is 5.52. The van der Waals surface area contributed by atoms with Crippen LogP contribution in [0.1, 0.15) is 33.1 Å². The SMILES string of the molecule is CC(OC=O)OCC1CCC2(C)OC2C1. The van der Waals surface area contributed by atoms with Crippen molar-refractivity contribution in [2.75, 3.05) is 6.61 Å². The van der Waals surface area contributed by atoms with Gasteiger partial charge in [-0.3, -0.25) is 4.79 Å². The third kappa shape index (κ3) is 2.49. The molecule has 1 aliphatic heterocycles. The van der Waals surface area contributed by atoms with Gasteiger partial charge in [-0.2, -0.15) is 0 Å². The van der Waals surface area contributed by atoms with Gasteiger partial charge in [0.05, 0.1) is 18.3 Å². The van der Waals surface area contributed by atoms with Crippen molar-refractivity contribution in [3.8, 4) is 0 Å². The smallest absolute Gasteiger partial charge is 0.295 e. The summed E-state index contributed by atoms with van der Waals surface area (Å²) >= 11 is 0. The highest BCUT2D eigenvalue weighted by atomic mass is 16.7. The highest BCUT2D eigenvalue weighted by molar-refractivity contribution is 5.37. The van der Waals surface area contributed by atoms with Crippen molar-refractivity contribution in [3.05, 3.63) is 0 Å². The van der Waals surface area contributed by atoms with E-state index in [1.807, 2.05) is 0 Å². The van der Waals surface area contributed by atoms with Gasteiger partial charge in [0.25, 0.3) is 6.47 Å². The van der Waals surface area contributed by atoms with Crippen molar-refractivity contribution in [3.63, 3.8) is 0 Å². The van der Waals surface area contributed by atoms with E-state index >= 15 is 0 Å². The molecule has 1 saturated heterocycles. The van der Waals surface area contributed by atoms with Crippen LogP contribution in [0.2, 0.25) is 0 Å². The van der Waals surface area contributed by atoms with Gasteiger partial charge < -0.3 is 14.2 Å². The molecule has 0 spiro atoms. The third-order valence-electron chi connectivity index (χ3n) is 3.45. The lowest BCUT2D eigenvalue weighted by Gasteiger charge is -2.23. The van der Waals surface area contributed by atoms with E-state index in [-0.39, 0.29) is 5.60 Å². The number of rotatable bonds is 5. The molecule has 86 valence electrons. The Kier molecular flexibility index (Phi) is 2.98. The second-order valence-corrected chi connectivity index (χ2v) is 4.69. The van der Waals surface area contributed by atoms with Gasteiger partial charge in [0, 0.05) is 0 Å². The Morgan fingerprint density at radius 2 is 2.47 bits per heavy atom. The fourth-order valence-corrected chi connectivity index (χ4v) is 2.26. The number of carbonyl (C=O) groups is 1. The quantitative estimate of drug-likeness (QED) is 0.395. The van der Waals surface area contributed by atoms with E-state index in [9.17, 15) is 4.79 Å². The molecule has 0 radical (unpaired) electrons. The van der Waals surface area contributed by atoms with E-state index in [1.165, 1.54) is 0 Å². The van der Waals surface area contributed by atoms with Gasteiger partial charge in [0.2, 0.25) is 0 Å². The van der Waals surface area contributed by atoms with Crippen LogP contribution in [0.5, 0.6) is 0 Å². The molecule has 1 aliphatic carbocycles. The predicted molar refractivity (Wildman–Crippen MR) is 53.2 cm³/mol.